The van der Waals surface area contributed by atoms with Crippen LogP contribution in [0.5, 0.6) is 5.75 Å². The number of ether oxygens (including phenoxy) is 1. The number of thioether (sulfide) groups is 1. The number of carbonyl (C=O) groups is 1. The molecule has 0 spiro atoms. The van der Waals surface area contributed by atoms with E-state index in [1.807, 2.05) is 48.5 Å². The summed E-state index contributed by atoms with van der Waals surface area (Å²) >= 11 is 1.74. The van der Waals surface area contributed by atoms with Crippen LogP contribution in [0, 0.1) is 0 Å². The van der Waals surface area contributed by atoms with Gasteiger partial charge in [-0.25, -0.2) is 0 Å². The van der Waals surface area contributed by atoms with Crippen LogP contribution in [0.15, 0.2) is 78.9 Å². The van der Waals surface area contributed by atoms with E-state index in [0.717, 1.165) is 28.2 Å². The third kappa shape index (κ3) is 3.15. The molecule has 0 N–H and O–H groups in total. The number of hydrogen-bond donors (Lipinski definition) is 0. The van der Waals surface area contributed by atoms with Crippen molar-refractivity contribution in [2.45, 2.75) is 16.9 Å². The zero-order valence-electron chi connectivity index (χ0n) is 14.6. The molecule has 2 nitrogen and oxygen atoms in total. The zero-order valence-corrected chi connectivity index (χ0v) is 15.4. The fraction of sp³-hybridized carbons (Fsp3) is 0.174. The fourth-order valence-electron chi connectivity index (χ4n) is 3.56. The van der Waals surface area contributed by atoms with Crippen LogP contribution < -0.4 is 4.74 Å². The summed E-state index contributed by atoms with van der Waals surface area (Å²) in [5.41, 5.74) is 4.32. The summed E-state index contributed by atoms with van der Waals surface area (Å²) in [5, 5.41) is -0.124. The molecular formula is C23H20O2S. The van der Waals surface area contributed by atoms with Gasteiger partial charge in [0.05, 0.1) is 12.4 Å². The lowest BCUT2D eigenvalue weighted by Gasteiger charge is -2.30. The maximum Gasteiger partial charge on any atom is 0.177 e. The molecule has 3 aromatic carbocycles. The van der Waals surface area contributed by atoms with Gasteiger partial charge in [0.2, 0.25) is 0 Å². The highest BCUT2D eigenvalue weighted by Crippen LogP contribution is 2.41. The first-order valence-electron chi connectivity index (χ1n) is 8.70. The molecule has 2 unspecified atom stereocenters. The lowest BCUT2D eigenvalue weighted by Crippen LogP contribution is -2.30. The Kier molecular flexibility index (Phi) is 4.81. The van der Waals surface area contributed by atoms with Crippen molar-refractivity contribution >= 4 is 17.5 Å². The van der Waals surface area contributed by atoms with Crippen molar-refractivity contribution in [1.82, 2.24) is 0 Å². The van der Waals surface area contributed by atoms with Crippen LogP contribution in [-0.2, 0) is 5.75 Å². The summed E-state index contributed by atoms with van der Waals surface area (Å²) in [7, 11) is 1.67. The molecule has 0 saturated carbocycles. The zero-order chi connectivity index (χ0) is 17.9. The molecule has 3 heteroatoms. The molecule has 1 aliphatic heterocycles. The first-order chi connectivity index (χ1) is 12.8. The van der Waals surface area contributed by atoms with Crippen molar-refractivity contribution in [1.29, 1.82) is 0 Å². The highest BCUT2D eigenvalue weighted by molar-refractivity contribution is 8.00. The lowest BCUT2D eigenvalue weighted by atomic mass is 9.84. The Balaban J connectivity index is 1.77. The molecule has 0 amide bonds. The van der Waals surface area contributed by atoms with E-state index < -0.39 is 0 Å². The monoisotopic (exact) mass is 360 g/mol. The van der Waals surface area contributed by atoms with Crippen LogP contribution in [0.2, 0.25) is 0 Å². The number of methoxy groups -OCH3 is 1. The number of carbonyl (C=O) groups excluding carboxylic acids is 1. The summed E-state index contributed by atoms with van der Waals surface area (Å²) in [6.45, 7) is 0. The Morgan fingerprint density at radius 3 is 2.27 bits per heavy atom. The minimum absolute atomic E-state index is 0.0213. The Labute approximate surface area is 158 Å². The fourth-order valence-corrected chi connectivity index (χ4v) is 4.95. The number of ketones is 1. The Hall–Kier alpha value is -2.52. The third-order valence-corrected chi connectivity index (χ3v) is 6.22. The molecule has 0 aromatic heterocycles. The predicted octanol–water partition coefficient (Wildman–Crippen LogP) is 5.33. The van der Waals surface area contributed by atoms with E-state index in [9.17, 15) is 4.79 Å². The first-order valence-corrected chi connectivity index (χ1v) is 9.75. The SMILES string of the molecule is COc1ccc(C(c2ccccc2)C2SCc3ccccc3C2=O)cc1. The summed E-state index contributed by atoms with van der Waals surface area (Å²) in [5.74, 6) is 1.94. The van der Waals surface area contributed by atoms with Gasteiger partial charge in [0.1, 0.15) is 5.75 Å². The lowest BCUT2D eigenvalue weighted by molar-refractivity contribution is 0.0982. The van der Waals surface area contributed by atoms with Gasteiger partial charge in [0, 0.05) is 17.2 Å². The maximum absolute atomic E-state index is 13.3. The molecule has 0 bridgehead atoms. The highest BCUT2D eigenvalue weighted by Gasteiger charge is 2.35. The second-order valence-corrected chi connectivity index (χ2v) is 7.54. The minimum Gasteiger partial charge on any atom is -0.497 e. The highest BCUT2D eigenvalue weighted by atomic mass is 32.2. The minimum atomic E-state index is -0.124. The van der Waals surface area contributed by atoms with Gasteiger partial charge in [-0.1, -0.05) is 66.7 Å². The molecule has 0 saturated heterocycles. The molecule has 0 radical (unpaired) electrons. The van der Waals surface area contributed by atoms with Crippen LogP contribution in [0.4, 0.5) is 0 Å². The second kappa shape index (κ2) is 7.38. The van der Waals surface area contributed by atoms with E-state index in [2.05, 4.69) is 30.3 Å². The largest absolute Gasteiger partial charge is 0.497 e. The van der Waals surface area contributed by atoms with Gasteiger partial charge in [-0.3, -0.25) is 4.79 Å². The standard InChI is InChI=1S/C23H20O2S/c1-25-19-13-11-17(12-14-19)21(16-7-3-2-4-8-16)23-22(24)20-10-6-5-9-18(20)15-26-23/h2-14,21,23H,15H2,1H3. The summed E-state index contributed by atoms with van der Waals surface area (Å²) in [6, 6.07) is 26.4. The quantitative estimate of drug-likeness (QED) is 0.629. The third-order valence-electron chi connectivity index (χ3n) is 4.90. The van der Waals surface area contributed by atoms with Gasteiger partial charge in [0.25, 0.3) is 0 Å². The number of benzene rings is 3. The Bertz CT molecular complexity index is 903. The smallest absolute Gasteiger partial charge is 0.177 e. The summed E-state index contributed by atoms with van der Waals surface area (Å²) in [4.78, 5) is 13.3. The van der Waals surface area contributed by atoms with E-state index in [-0.39, 0.29) is 17.0 Å². The van der Waals surface area contributed by atoms with E-state index in [1.54, 1.807) is 18.9 Å². The van der Waals surface area contributed by atoms with Gasteiger partial charge >= 0.3 is 0 Å². The van der Waals surface area contributed by atoms with Crippen molar-refractivity contribution in [3.63, 3.8) is 0 Å². The topological polar surface area (TPSA) is 26.3 Å². The molecule has 1 heterocycles. The van der Waals surface area contributed by atoms with Gasteiger partial charge in [-0.15, -0.1) is 11.8 Å². The van der Waals surface area contributed by atoms with Gasteiger partial charge in [-0.05, 0) is 28.8 Å². The Morgan fingerprint density at radius 2 is 1.54 bits per heavy atom. The molecule has 0 fully saturated rings. The second-order valence-electron chi connectivity index (χ2n) is 6.41. The van der Waals surface area contributed by atoms with Crippen LogP contribution in [0.3, 0.4) is 0 Å². The molecule has 1 aliphatic rings. The van der Waals surface area contributed by atoms with E-state index in [0.29, 0.717) is 0 Å². The van der Waals surface area contributed by atoms with Crippen molar-refractivity contribution < 1.29 is 9.53 Å². The molecular weight excluding hydrogens is 340 g/mol. The van der Waals surface area contributed by atoms with Crippen LogP contribution in [0.25, 0.3) is 0 Å². The number of hydrogen-bond acceptors (Lipinski definition) is 3. The van der Waals surface area contributed by atoms with Crippen molar-refractivity contribution in [2.24, 2.45) is 0 Å². The van der Waals surface area contributed by atoms with Crippen molar-refractivity contribution in [3.8, 4) is 5.75 Å². The van der Waals surface area contributed by atoms with Gasteiger partial charge in [-0.2, -0.15) is 0 Å². The van der Waals surface area contributed by atoms with Gasteiger partial charge in [0.15, 0.2) is 5.78 Å². The molecule has 4 rings (SSSR count). The number of Topliss-reactive ketones (excluding diaryl/α,β-unsaturated/α-hetero) is 1. The number of fused-ring (bicyclic) bond motifs is 1. The van der Waals surface area contributed by atoms with Crippen LogP contribution in [-0.4, -0.2) is 18.1 Å². The van der Waals surface area contributed by atoms with E-state index >= 15 is 0 Å². The average molecular weight is 360 g/mol. The van der Waals surface area contributed by atoms with Gasteiger partial charge < -0.3 is 4.74 Å². The molecule has 26 heavy (non-hydrogen) atoms. The van der Waals surface area contributed by atoms with Crippen LogP contribution in [0.1, 0.15) is 33.0 Å². The van der Waals surface area contributed by atoms with E-state index in [1.165, 1.54) is 5.56 Å². The summed E-state index contributed by atoms with van der Waals surface area (Å²) in [6.07, 6.45) is 0. The average Bonchev–Trinajstić information content (AvgIpc) is 2.71. The predicted molar refractivity (Wildman–Crippen MR) is 107 cm³/mol. The van der Waals surface area contributed by atoms with Crippen molar-refractivity contribution in [2.75, 3.05) is 7.11 Å². The Morgan fingerprint density at radius 1 is 0.885 bits per heavy atom. The van der Waals surface area contributed by atoms with Crippen LogP contribution >= 0.6 is 11.8 Å². The molecule has 2 atom stereocenters. The summed E-state index contributed by atoms with van der Waals surface area (Å²) < 4.78 is 5.30. The first kappa shape index (κ1) is 16.9. The molecule has 3 aromatic rings. The number of rotatable bonds is 4. The normalized spacial score (nSPS) is 17.4. The molecule has 130 valence electrons. The molecule has 0 aliphatic carbocycles. The van der Waals surface area contributed by atoms with Crippen molar-refractivity contribution in [3.05, 3.63) is 101 Å². The van der Waals surface area contributed by atoms with E-state index in [4.69, 9.17) is 4.74 Å². The maximum atomic E-state index is 13.3.